The average molecular weight is 466 g/mol. The van der Waals surface area contributed by atoms with Crippen molar-refractivity contribution < 1.29 is 23.9 Å². The Hall–Kier alpha value is -3.55. The number of methoxy groups -OCH3 is 1. The number of nitrogens with zero attached hydrogens (tertiary/aromatic N) is 1. The topological polar surface area (TPSA) is 97.0 Å². The summed E-state index contributed by atoms with van der Waals surface area (Å²) >= 11 is 0. The smallest absolute Gasteiger partial charge is 0.407 e. The fourth-order valence-electron chi connectivity index (χ4n) is 4.80. The van der Waals surface area contributed by atoms with E-state index in [0.717, 1.165) is 11.1 Å². The number of ether oxygens (including phenoxy) is 2. The summed E-state index contributed by atoms with van der Waals surface area (Å²) in [5.74, 6) is 0.457. The number of rotatable bonds is 6. The first-order valence-corrected chi connectivity index (χ1v) is 11.3. The number of urea groups is 1. The second kappa shape index (κ2) is 8.66. The Kier molecular flexibility index (Phi) is 6.02. The van der Waals surface area contributed by atoms with Gasteiger partial charge < -0.3 is 20.1 Å². The molecule has 1 aliphatic carbocycles. The number of imide groups is 1. The van der Waals surface area contributed by atoms with Gasteiger partial charge >= 0.3 is 12.1 Å². The van der Waals surface area contributed by atoms with Crippen molar-refractivity contribution in [1.82, 2.24) is 15.5 Å². The van der Waals surface area contributed by atoms with Crippen LogP contribution in [0.5, 0.6) is 5.75 Å². The third kappa shape index (κ3) is 4.58. The monoisotopic (exact) mass is 465 g/mol. The molecule has 0 bridgehead atoms. The number of carbonyl (C=O) groups excluding carboxylic acids is 3. The van der Waals surface area contributed by atoms with Gasteiger partial charge in [0.15, 0.2) is 0 Å². The highest BCUT2D eigenvalue weighted by molar-refractivity contribution is 6.08. The zero-order valence-corrected chi connectivity index (χ0v) is 20.0. The van der Waals surface area contributed by atoms with Gasteiger partial charge in [-0.05, 0) is 56.9 Å². The number of carbonyl (C=O) groups is 3. The Morgan fingerprint density at radius 1 is 1.06 bits per heavy atom. The summed E-state index contributed by atoms with van der Waals surface area (Å²) in [5.41, 5.74) is -0.175. The number of hydrogen-bond acceptors (Lipinski definition) is 5. The van der Waals surface area contributed by atoms with Crippen molar-refractivity contribution in [2.75, 3.05) is 13.7 Å². The molecule has 1 saturated carbocycles. The first-order chi connectivity index (χ1) is 16.1. The van der Waals surface area contributed by atoms with Crippen molar-refractivity contribution in [3.63, 3.8) is 0 Å². The van der Waals surface area contributed by atoms with E-state index in [1.165, 1.54) is 4.90 Å². The van der Waals surface area contributed by atoms with E-state index in [4.69, 9.17) is 9.47 Å². The Labute approximate surface area is 199 Å². The predicted octanol–water partition coefficient (Wildman–Crippen LogP) is 3.74. The van der Waals surface area contributed by atoms with E-state index >= 15 is 0 Å². The lowest BCUT2D eigenvalue weighted by atomic mass is 9.54. The summed E-state index contributed by atoms with van der Waals surface area (Å²) in [5, 5.41) is 5.71. The number of alkyl carbamates (subject to hydrolysis) is 1. The van der Waals surface area contributed by atoms with E-state index in [1.807, 2.05) is 63.2 Å². The molecule has 2 aliphatic rings. The van der Waals surface area contributed by atoms with Crippen LogP contribution in [-0.4, -0.2) is 47.7 Å². The number of amides is 4. The lowest BCUT2D eigenvalue weighted by molar-refractivity contribution is -0.138. The molecule has 0 aromatic heterocycles. The van der Waals surface area contributed by atoms with Crippen LogP contribution in [0.15, 0.2) is 54.6 Å². The minimum Gasteiger partial charge on any atom is -0.497 e. The average Bonchev–Trinajstić information content (AvgIpc) is 3.01. The van der Waals surface area contributed by atoms with Crippen molar-refractivity contribution in [3.8, 4) is 5.75 Å². The standard InChI is InChI=1S/C26H31N3O5/c1-24(2,3)28-23(32)34-17-25(19-8-6-5-7-9-19)15-26(16-25)21(30)29(22(31)27-26)14-18-10-12-20(33-4)13-11-18/h5-13H,14-17H2,1-4H3,(H,27,31)(H,28,32). The number of benzene rings is 2. The maximum Gasteiger partial charge on any atom is 0.407 e. The highest BCUT2D eigenvalue weighted by Gasteiger charge is 2.65. The Bertz CT molecular complexity index is 1070. The molecule has 1 heterocycles. The highest BCUT2D eigenvalue weighted by atomic mass is 16.5. The van der Waals surface area contributed by atoms with Gasteiger partial charge in [0.2, 0.25) is 0 Å². The van der Waals surface area contributed by atoms with Gasteiger partial charge in [-0.3, -0.25) is 9.69 Å². The summed E-state index contributed by atoms with van der Waals surface area (Å²) in [6.07, 6.45) is 0.208. The van der Waals surface area contributed by atoms with Crippen LogP contribution in [0.1, 0.15) is 44.7 Å². The molecule has 8 nitrogen and oxygen atoms in total. The number of hydrogen-bond donors (Lipinski definition) is 2. The molecule has 2 fully saturated rings. The Morgan fingerprint density at radius 2 is 1.71 bits per heavy atom. The molecule has 1 aliphatic heterocycles. The normalized spacial score (nSPS) is 23.9. The molecule has 1 saturated heterocycles. The van der Waals surface area contributed by atoms with Gasteiger partial charge in [-0.1, -0.05) is 42.5 Å². The third-order valence-electron chi connectivity index (χ3n) is 6.37. The quantitative estimate of drug-likeness (QED) is 0.634. The van der Waals surface area contributed by atoms with Gasteiger partial charge in [-0.2, -0.15) is 0 Å². The van der Waals surface area contributed by atoms with Crippen molar-refractivity contribution in [2.45, 2.75) is 56.7 Å². The fraction of sp³-hybridized carbons (Fsp3) is 0.423. The lowest BCUT2D eigenvalue weighted by Crippen LogP contribution is -2.65. The molecule has 8 heteroatoms. The molecule has 2 N–H and O–H groups in total. The van der Waals surface area contributed by atoms with Crippen LogP contribution in [-0.2, 0) is 21.5 Å². The predicted molar refractivity (Wildman–Crippen MR) is 126 cm³/mol. The van der Waals surface area contributed by atoms with Gasteiger partial charge in [0, 0.05) is 11.0 Å². The van der Waals surface area contributed by atoms with Crippen molar-refractivity contribution >= 4 is 18.0 Å². The van der Waals surface area contributed by atoms with Crippen LogP contribution in [0, 0.1) is 0 Å². The van der Waals surface area contributed by atoms with Crippen molar-refractivity contribution in [2.24, 2.45) is 0 Å². The largest absolute Gasteiger partial charge is 0.497 e. The first kappa shape index (κ1) is 23.6. The van der Waals surface area contributed by atoms with Crippen LogP contribution in [0.4, 0.5) is 9.59 Å². The second-order valence-corrected chi connectivity index (χ2v) is 10.2. The molecule has 4 rings (SSSR count). The Balaban J connectivity index is 1.50. The van der Waals surface area contributed by atoms with Crippen LogP contribution in [0.3, 0.4) is 0 Å². The summed E-state index contributed by atoms with van der Waals surface area (Å²) in [4.78, 5) is 39.7. The maximum atomic E-state index is 13.4. The molecule has 0 atom stereocenters. The zero-order chi connectivity index (χ0) is 24.6. The minimum absolute atomic E-state index is 0.113. The van der Waals surface area contributed by atoms with E-state index in [2.05, 4.69) is 10.6 Å². The van der Waals surface area contributed by atoms with Crippen molar-refractivity contribution in [3.05, 3.63) is 65.7 Å². The molecule has 0 unspecified atom stereocenters. The molecule has 0 radical (unpaired) electrons. The van der Waals surface area contributed by atoms with E-state index in [-0.39, 0.29) is 19.1 Å². The first-order valence-electron chi connectivity index (χ1n) is 11.3. The molecule has 2 aromatic carbocycles. The SMILES string of the molecule is COc1ccc(CN2C(=O)NC3(CC(COC(=O)NC(C)(C)C)(c4ccccc4)C3)C2=O)cc1. The lowest BCUT2D eigenvalue weighted by Gasteiger charge is -2.52. The van der Waals surface area contributed by atoms with Crippen LogP contribution in [0.2, 0.25) is 0 Å². The maximum absolute atomic E-state index is 13.4. The summed E-state index contributed by atoms with van der Waals surface area (Å²) in [6.45, 7) is 5.93. The molecule has 34 heavy (non-hydrogen) atoms. The molecular weight excluding hydrogens is 434 g/mol. The minimum atomic E-state index is -0.997. The van der Waals surface area contributed by atoms with Gasteiger partial charge in [0.25, 0.3) is 5.91 Å². The highest BCUT2D eigenvalue weighted by Crippen LogP contribution is 2.53. The summed E-state index contributed by atoms with van der Waals surface area (Å²) in [6, 6.07) is 16.5. The van der Waals surface area contributed by atoms with Gasteiger partial charge in [-0.25, -0.2) is 9.59 Å². The zero-order valence-electron chi connectivity index (χ0n) is 20.0. The van der Waals surface area contributed by atoms with Crippen LogP contribution in [0.25, 0.3) is 0 Å². The fourth-order valence-corrected chi connectivity index (χ4v) is 4.80. The second-order valence-electron chi connectivity index (χ2n) is 10.2. The van der Waals surface area contributed by atoms with E-state index in [0.29, 0.717) is 18.6 Å². The number of nitrogens with one attached hydrogen (secondary N) is 2. The molecule has 4 amide bonds. The Morgan fingerprint density at radius 3 is 2.29 bits per heavy atom. The van der Waals surface area contributed by atoms with Crippen LogP contribution >= 0.6 is 0 Å². The van der Waals surface area contributed by atoms with E-state index in [1.54, 1.807) is 19.2 Å². The molecule has 1 spiro atoms. The van der Waals surface area contributed by atoms with Gasteiger partial charge in [-0.15, -0.1) is 0 Å². The summed E-state index contributed by atoms with van der Waals surface area (Å²) < 4.78 is 10.8. The van der Waals surface area contributed by atoms with E-state index < -0.39 is 28.6 Å². The molecule has 2 aromatic rings. The van der Waals surface area contributed by atoms with Gasteiger partial charge in [0.1, 0.15) is 17.9 Å². The van der Waals surface area contributed by atoms with E-state index in [9.17, 15) is 14.4 Å². The van der Waals surface area contributed by atoms with Crippen LogP contribution < -0.4 is 15.4 Å². The van der Waals surface area contributed by atoms with Gasteiger partial charge in [0.05, 0.1) is 13.7 Å². The van der Waals surface area contributed by atoms with Crippen molar-refractivity contribution in [1.29, 1.82) is 0 Å². The summed E-state index contributed by atoms with van der Waals surface area (Å²) in [7, 11) is 1.59. The molecular formula is C26H31N3O5. The third-order valence-corrected chi connectivity index (χ3v) is 6.37. The molecule has 180 valence electrons.